The van der Waals surface area contributed by atoms with Gasteiger partial charge in [-0.2, -0.15) is 0 Å². The zero-order valence-corrected chi connectivity index (χ0v) is 20.3. The predicted octanol–water partition coefficient (Wildman–Crippen LogP) is 3.07. The van der Waals surface area contributed by atoms with E-state index in [9.17, 15) is 14.4 Å². The summed E-state index contributed by atoms with van der Waals surface area (Å²) < 4.78 is 5.56. The van der Waals surface area contributed by atoms with Crippen LogP contribution in [0.3, 0.4) is 0 Å². The maximum absolute atomic E-state index is 12.9. The molecule has 2 unspecified atom stereocenters. The zero-order chi connectivity index (χ0) is 23.0. The van der Waals surface area contributed by atoms with Gasteiger partial charge in [0.05, 0.1) is 5.41 Å². The number of amides is 2. The number of rotatable bonds is 11. The van der Waals surface area contributed by atoms with Gasteiger partial charge in [-0.1, -0.05) is 13.3 Å². The van der Waals surface area contributed by atoms with Crippen LogP contribution in [-0.4, -0.2) is 84.9 Å². The van der Waals surface area contributed by atoms with Crippen LogP contribution in [0.15, 0.2) is 0 Å². The molecule has 2 heterocycles. The number of nitrogens with zero attached hydrogens (tertiary/aromatic N) is 3. The predicted molar refractivity (Wildman–Crippen MR) is 122 cm³/mol. The Balaban J connectivity index is 2.16. The molecule has 2 rings (SSSR count). The maximum Gasteiger partial charge on any atom is 0.311 e. The summed E-state index contributed by atoms with van der Waals surface area (Å²) in [5.41, 5.74) is -0.698. The molecule has 2 fully saturated rings. The quantitative estimate of drug-likeness (QED) is 0.465. The van der Waals surface area contributed by atoms with Crippen LogP contribution in [-0.2, 0) is 19.1 Å². The van der Waals surface area contributed by atoms with Gasteiger partial charge in [0.1, 0.15) is 6.61 Å². The van der Waals surface area contributed by atoms with Crippen molar-refractivity contribution in [2.45, 2.75) is 90.6 Å². The largest absolute Gasteiger partial charge is 0.464 e. The molecule has 7 nitrogen and oxygen atoms in total. The van der Waals surface area contributed by atoms with Gasteiger partial charge in [0.25, 0.3) is 0 Å². The number of esters is 1. The van der Waals surface area contributed by atoms with Crippen molar-refractivity contribution in [2.75, 3.05) is 40.3 Å². The van der Waals surface area contributed by atoms with Crippen molar-refractivity contribution in [3.05, 3.63) is 0 Å². The topological polar surface area (TPSA) is 70.2 Å². The number of likely N-dealkylation sites (N-methyl/N-ethyl adjacent to an activating group) is 1. The van der Waals surface area contributed by atoms with Crippen LogP contribution in [0.5, 0.6) is 0 Å². The monoisotopic (exact) mass is 437 g/mol. The van der Waals surface area contributed by atoms with Crippen molar-refractivity contribution in [3.8, 4) is 0 Å². The molecule has 31 heavy (non-hydrogen) atoms. The van der Waals surface area contributed by atoms with Gasteiger partial charge in [0, 0.05) is 44.6 Å². The van der Waals surface area contributed by atoms with Crippen LogP contribution >= 0.6 is 0 Å². The highest BCUT2D eigenvalue weighted by atomic mass is 16.5. The average Bonchev–Trinajstić information content (AvgIpc) is 3.00. The van der Waals surface area contributed by atoms with Gasteiger partial charge in [-0.25, -0.2) is 0 Å². The Bertz CT molecular complexity index is 620. The third kappa shape index (κ3) is 7.48. The smallest absolute Gasteiger partial charge is 0.311 e. The molecule has 0 saturated carbocycles. The van der Waals surface area contributed by atoms with Crippen molar-refractivity contribution in [1.82, 2.24) is 14.7 Å². The Hall–Kier alpha value is -1.63. The van der Waals surface area contributed by atoms with E-state index in [2.05, 4.69) is 6.92 Å². The molecule has 0 bridgehead atoms. The highest BCUT2D eigenvalue weighted by Crippen LogP contribution is 2.32. The van der Waals surface area contributed by atoms with Crippen molar-refractivity contribution in [1.29, 1.82) is 0 Å². The number of likely N-dealkylation sites (tertiary alicyclic amines) is 2. The fraction of sp³-hybridized carbons (Fsp3) is 0.875. The molecule has 0 aromatic carbocycles. The van der Waals surface area contributed by atoms with Crippen LogP contribution in [0.25, 0.3) is 0 Å². The summed E-state index contributed by atoms with van der Waals surface area (Å²) in [7, 11) is 3.90. The van der Waals surface area contributed by atoms with Gasteiger partial charge in [0.15, 0.2) is 0 Å². The van der Waals surface area contributed by atoms with Gasteiger partial charge in [-0.3, -0.25) is 14.4 Å². The number of ether oxygens (including phenoxy) is 1. The second-order valence-corrected chi connectivity index (χ2v) is 10.1. The van der Waals surface area contributed by atoms with Gasteiger partial charge in [-0.15, -0.1) is 0 Å². The third-order valence-electron chi connectivity index (χ3n) is 6.69. The Morgan fingerprint density at radius 3 is 2.23 bits per heavy atom. The zero-order valence-electron chi connectivity index (χ0n) is 20.3. The Morgan fingerprint density at radius 1 is 1.00 bits per heavy atom. The van der Waals surface area contributed by atoms with Crippen LogP contribution in [0.1, 0.15) is 78.6 Å². The molecule has 7 heteroatoms. The Labute approximate surface area is 188 Å². The molecule has 2 amide bonds. The fourth-order valence-electron chi connectivity index (χ4n) is 4.78. The van der Waals surface area contributed by atoms with E-state index in [1.807, 2.05) is 42.6 Å². The van der Waals surface area contributed by atoms with Crippen LogP contribution in [0.2, 0.25) is 0 Å². The van der Waals surface area contributed by atoms with E-state index in [1.165, 1.54) is 0 Å². The van der Waals surface area contributed by atoms with Gasteiger partial charge in [-0.05, 0) is 66.5 Å². The average molecular weight is 438 g/mol. The first-order valence-corrected chi connectivity index (χ1v) is 12.1. The number of carbonyl (C=O) groups excluding carboxylic acids is 3. The minimum Gasteiger partial charge on any atom is -0.464 e. The standard InChI is InChI=1S/C24H43N3O4/c1-6-19(26-14-10-12-22(26)29)17-20(27-13-9-7-8-11-21(27)28)18-24(2,3)23(30)31-16-15-25(4)5/h19-20H,6-18H2,1-5H3. The molecule has 2 aliphatic heterocycles. The lowest BCUT2D eigenvalue weighted by molar-refractivity contribution is -0.156. The highest BCUT2D eigenvalue weighted by Gasteiger charge is 2.39. The molecule has 0 aromatic heterocycles. The summed E-state index contributed by atoms with van der Waals surface area (Å²) in [5.74, 6) is 0.184. The second kappa shape index (κ2) is 11.8. The molecule has 2 atom stereocenters. The molecular formula is C24H43N3O4. The SMILES string of the molecule is CCC(CC(CC(C)(C)C(=O)OCCN(C)C)N1CCCCCC1=O)N1CCCC1=O. The fourth-order valence-corrected chi connectivity index (χ4v) is 4.78. The summed E-state index contributed by atoms with van der Waals surface area (Å²) in [6.45, 7) is 8.53. The van der Waals surface area contributed by atoms with E-state index in [0.717, 1.165) is 51.6 Å². The third-order valence-corrected chi connectivity index (χ3v) is 6.69. The molecule has 0 spiro atoms. The minimum absolute atomic E-state index is 0.0691. The van der Waals surface area contributed by atoms with E-state index in [1.54, 1.807) is 0 Å². The molecule has 0 aromatic rings. The first-order chi connectivity index (χ1) is 14.7. The van der Waals surface area contributed by atoms with Crippen molar-refractivity contribution in [2.24, 2.45) is 5.41 Å². The summed E-state index contributed by atoms with van der Waals surface area (Å²) in [6.07, 6.45) is 7.23. The van der Waals surface area contributed by atoms with E-state index < -0.39 is 5.41 Å². The van der Waals surface area contributed by atoms with E-state index in [4.69, 9.17) is 4.74 Å². The summed E-state index contributed by atoms with van der Waals surface area (Å²) in [5, 5.41) is 0. The molecule has 2 saturated heterocycles. The summed E-state index contributed by atoms with van der Waals surface area (Å²) >= 11 is 0. The van der Waals surface area contributed by atoms with E-state index >= 15 is 0 Å². The number of carbonyl (C=O) groups is 3. The lowest BCUT2D eigenvalue weighted by atomic mass is 9.82. The minimum atomic E-state index is -0.698. The van der Waals surface area contributed by atoms with Crippen LogP contribution in [0, 0.1) is 5.41 Å². The number of hydrogen-bond donors (Lipinski definition) is 0. The molecule has 0 radical (unpaired) electrons. The van der Waals surface area contributed by atoms with Crippen molar-refractivity contribution >= 4 is 17.8 Å². The molecular weight excluding hydrogens is 394 g/mol. The molecule has 0 aliphatic carbocycles. The normalized spacial score (nSPS) is 20.2. The first kappa shape index (κ1) is 25.6. The van der Waals surface area contributed by atoms with Gasteiger partial charge >= 0.3 is 5.97 Å². The summed E-state index contributed by atoms with van der Waals surface area (Å²) in [6, 6.07) is 0.0389. The van der Waals surface area contributed by atoms with Gasteiger partial charge in [0.2, 0.25) is 11.8 Å². The van der Waals surface area contributed by atoms with Crippen molar-refractivity contribution in [3.63, 3.8) is 0 Å². The first-order valence-electron chi connectivity index (χ1n) is 12.1. The van der Waals surface area contributed by atoms with Crippen LogP contribution < -0.4 is 0 Å². The van der Waals surface area contributed by atoms with Crippen LogP contribution in [0.4, 0.5) is 0 Å². The molecule has 0 N–H and O–H groups in total. The van der Waals surface area contributed by atoms with E-state index in [-0.39, 0.29) is 29.9 Å². The summed E-state index contributed by atoms with van der Waals surface area (Å²) in [4.78, 5) is 44.2. The lowest BCUT2D eigenvalue weighted by Gasteiger charge is -2.39. The second-order valence-electron chi connectivity index (χ2n) is 10.1. The Morgan fingerprint density at radius 2 is 1.61 bits per heavy atom. The lowest BCUT2D eigenvalue weighted by Crippen LogP contribution is -2.48. The van der Waals surface area contributed by atoms with Gasteiger partial charge < -0.3 is 19.4 Å². The molecule has 178 valence electrons. The van der Waals surface area contributed by atoms with E-state index in [0.29, 0.717) is 32.4 Å². The van der Waals surface area contributed by atoms with Crippen molar-refractivity contribution < 1.29 is 19.1 Å². The maximum atomic E-state index is 12.9. The Kier molecular flexibility index (Phi) is 9.79. The number of hydrogen-bond acceptors (Lipinski definition) is 5. The molecule has 2 aliphatic rings. The highest BCUT2D eigenvalue weighted by molar-refractivity contribution is 5.79.